The lowest BCUT2D eigenvalue weighted by atomic mass is 9.94. The van der Waals surface area contributed by atoms with Crippen molar-refractivity contribution in [1.82, 2.24) is 4.72 Å². The van der Waals surface area contributed by atoms with Gasteiger partial charge in [-0.3, -0.25) is 4.79 Å². The number of hydrogen-bond donors (Lipinski definition) is 3. The molecule has 1 saturated carbocycles. The van der Waals surface area contributed by atoms with Crippen LogP contribution in [0.2, 0.25) is 5.02 Å². The molecule has 2 unspecified atom stereocenters. The van der Waals surface area contributed by atoms with Crippen molar-refractivity contribution in [2.75, 3.05) is 14.2 Å². The topological polar surface area (TPSA) is 145 Å². The van der Waals surface area contributed by atoms with E-state index in [4.69, 9.17) is 36.7 Å². The fourth-order valence-electron chi connectivity index (χ4n) is 3.25. The molecule has 0 saturated heterocycles. The minimum Gasteiger partial charge on any atom is -0.493 e. The first-order valence-electron chi connectivity index (χ1n) is 9.44. The Labute approximate surface area is 192 Å². The molecule has 4 N–H and O–H groups in total. The highest BCUT2D eigenvalue weighted by Crippen LogP contribution is 2.49. The lowest BCUT2D eigenvalue weighted by Gasteiger charge is -2.19. The van der Waals surface area contributed by atoms with Crippen molar-refractivity contribution in [3.63, 3.8) is 0 Å². The maximum absolute atomic E-state index is 12.6. The average molecular weight is 515 g/mol. The number of alkyl halides is 3. The van der Waals surface area contributed by atoms with Crippen LogP contribution in [0.4, 0.5) is 13.2 Å². The highest BCUT2D eigenvalue weighted by atomic mass is 35.5. The minimum absolute atomic E-state index is 0.0887. The molecule has 0 bridgehead atoms. The second kappa shape index (κ2) is 10.2. The summed E-state index contributed by atoms with van der Waals surface area (Å²) in [5.41, 5.74) is 6.76. The SMILES string of the molecule is COc1cc(Cl)c(S(=O)(=O)NC(=O)[C@H](N)C2=CCC3CC3C2)cc1OC.O=C(O)C(F)(F)F. The van der Waals surface area contributed by atoms with Gasteiger partial charge in [0.25, 0.3) is 15.9 Å². The van der Waals surface area contributed by atoms with Crippen LogP contribution in [0.1, 0.15) is 19.3 Å². The number of fused-ring (bicyclic) bond motifs is 1. The summed E-state index contributed by atoms with van der Waals surface area (Å²) in [6.45, 7) is 0. The number of nitrogens with two attached hydrogens (primary N) is 1. The number of carbonyl (C=O) groups is 2. The van der Waals surface area contributed by atoms with E-state index in [1.165, 1.54) is 26.4 Å². The zero-order chi connectivity index (χ0) is 25.1. The molecule has 0 radical (unpaired) electrons. The molecule has 0 spiro atoms. The maximum atomic E-state index is 12.6. The minimum atomic E-state index is -5.08. The number of carboxylic acid groups (broad SMARTS) is 1. The van der Waals surface area contributed by atoms with E-state index >= 15 is 0 Å². The van der Waals surface area contributed by atoms with Crippen LogP contribution in [0.15, 0.2) is 28.7 Å². The van der Waals surface area contributed by atoms with Gasteiger partial charge >= 0.3 is 12.1 Å². The molecule has 3 atom stereocenters. The van der Waals surface area contributed by atoms with Crippen molar-refractivity contribution < 1.29 is 45.8 Å². The van der Waals surface area contributed by atoms with E-state index in [0.29, 0.717) is 11.8 Å². The van der Waals surface area contributed by atoms with E-state index in [-0.39, 0.29) is 21.4 Å². The molecule has 3 rings (SSSR count). The Morgan fingerprint density at radius 2 is 1.76 bits per heavy atom. The molecule has 184 valence electrons. The van der Waals surface area contributed by atoms with Gasteiger partial charge in [-0.2, -0.15) is 13.2 Å². The average Bonchev–Trinajstić information content (AvgIpc) is 3.50. The van der Waals surface area contributed by atoms with E-state index < -0.39 is 34.1 Å². The van der Waals surface area contributed by atoms with Gasteiger partial charge in [0.1, 0.15) is 10.9 Å². The number of carbonyl (C=O) groups excluding carboxylic acids is 1. The second-order valence-electron chi connectivity index (χ2n) is 7.36. The number of ether oxygens (including phenoxy) is 2. The Hall–Kier alpha value is -2.51. The van der Waals surface area contributed by atoms with Crippen molar-refractivity contribution >= 4 is 33.5 Å². The van der Waals surface area contributed by atoms with Gasteiger partial charge in [-0.25, -0.2) is 17.9 Å². The Balaban J connectivity index is 0.000000479. The highest BCUT2D eigenvalue weighted by molar-refractivity contribution is 7.90. The molecule has 9 nitrogen and oxygen atoms in total. The molecule has 1 amide bonds. The van der Waals surface area contributed by atoms with Gasteiger partial charge in [0.15, 0.2) is 11.5 Å². The first-order valence-corrected chi connectivity index (χ1v) is 11.3. The zero-order valence-corrected chi connectivity index (χ0v) is 19.1. The molecule has 0 aliphatic heterocycles. The van der Waals surface area contributed by atoms with Crippen LogP contribution in [0.5, 0.6) is 11.5 Å². The molecule has 1 aromatic carbocycles. The molecular weight excluding hydrogens is 493 g/mol. The molecule has 33 heavy (non-hydrogen) atoms. The Morgan fingerprint density at radius 1 is 1.21 bits per heavy atom. The molecule has 1 fully saturated rings. The van der Waals surface area contributed by atoms with Crippen molar-refractivity contribution in [2.45, 2.75) is 36.4 Å². The van der Waals surface area contributed by atoms with Gasteiger partial charge in [-0.15, -0.1) is 0 Å². The summed E-state index contributed by atoms with van der Waals surface area (Å²) in [5.74, 6) is -1.79. The van der Waals surface area contributed by atoms with Crippen molar-refractivity contribution in [1.29, 1.82) is 0 Å². The third-order valence-electron chi connectivity index (χ3n) is 5.14. The van der Waals surface area contributed by atoms with Gasteiger partial charge in [-0.1, -0.05) is 17.7 Å². The number of carboxylic acids is 1. The molecule has 14 heteroatoms. The van der Waals surface area contributed by atoms with E-state index in [1.807, 2.05) is 10.8 Å². The Bertz CT molecular complexity index is 1060. The van der Waals surface area contributed by atoms with Crippen LogP contribution >= 0.6 is 11.6 Å². The first kappa shape index (κ1) is 26.7. The predicted molar refractivity (Wildman–Crippen MR) is 110 cm³/mol. The molecular formula is C19H22ClF3N2O7S. The van der Waals surface area contributed by atoms with Crippen LogP contribution < -0.4 is 19.9 Å². The number of amides is 1. The van der Waals surface area contributed by atoms with Gasteiger partial charge in [0, 0.05) is 12.1 Å². The monoisotopic (exact) mass is 514 g/mol. The summed E-state index contributed by atoms with van der Waals surface area (Å²) in [5, 5.41) is 7.04. The van der Waals surface area contributed by atoms with Gasteiger partial charge in [-0.05, 0) is 36.7 Å². The van der Waals surface area contributed by atoms with Crippen molar-refractivity contribution in [3.05, 3.63) is 28.8 Å². The number of aliphatic carboxylic acids is 1. The number of allylic oxidation sites excluding steroid dienone is 1. The fourth-order valence-corrected chi connectivity index (χ4v) is 4.79. The van der Waals surface area contributed by atoms with Crippen LogP contribution in [0, 0.1) is 11.8 Å². The summed E-state index contributed by atoms with van der Waals surface area (Å²) in [4.78, 5) is 21.0. The summed E-state index contributed by atoms with van der Waals surface area (Å²) >= 11 is 6.05. The quantitative estimate of drug-likeness (QED) is 0.491. The largest absolute Gasteiger partial charge is 0.493 e. The van der Waals surface area contributed by atoms with Gasteiger partial charge < -0.3 is 20.3 Å². The van der Waals surface area contributed by atoms with Crippen LogP contribution in [-0.2, 0) is 19.6 Å². The standard InChI is InChI=1S/C17H21ClN2O5S.C2HF3O2/c1-24-13-7-12(18)15(8-14(13)25-2)26(22,23)20-17(21)16(19)10-4-3-9-5-11(9)6-10;3-2(4,5)1(6)7/h4,7-9,11,16H,3,5-6,19H2,1-2H3,(H,20,21);(H,6,7)/t9?,11?,16-;/m1./s1. The van der Waals surface area contributed by atoms with Crippen LogP contribution in [-0.4, -0.2) is 51.8 Å². The first-order chi connectivity index (χ1) is 15.2. The highest BCUT2D eigenvalue weighted by Gasteiger charge is 2.41. The van der Waals surface area contributed by atoms with Crippen LogP contribution in [0.25, 0.3) is 0 Å². The van der Waals surface area contributed by atoms with Crippen molar-refractivity contribution in [2.24, 2.45) is 17.6 Å². The third kappa shape index (κ3) is 6.74. The van der Waals surface area contributed by atoms with Gasteiger partial charge in [0.05, 0.1) is 19.2 Å². The summed E-state index contributed by atoms with van der Waals surface area (Å²) < 4.78 is 69.1. The Kier molecular flexibility index (Phi) is 8.25. The number of rotatable bonds is 6. The van der Waals surface area contributed by atoms with E-state index in [9.17, 15) is 26.4 Å². The molecule has 2 aliphatic carbocycles. The van der Waals surface area contributed by atoms with E-state index in [0.717, 1.165) is 24.8 Å². The van der Waals surface area contributed by atoms with Gasteiger partial charge in [0.2, 0.25) is 0 Å². The summed E-state index contributed by atoms with van der Waals surface area (Å²) in [7, 11) is -1.43. The third-order valence-corrected chi connectivity index (χ3v) is 6.95. The predicted octanol–water partition coefficient (Wildman–Crippen LogP) is 2.48. The number of hydrogen-bond acceptors (Lipinski definition) is 7. The maximum Gasteiger partial charge on any atom is 0.490 e. The summed E-state index contributed by atoms with van der Waals surface area (Å²) in [6.07, 6.45) is -0.339. The fraction of sp³-hybridized carbons (Fsp3) is 0.474. The lowest BCUT2D eigenvalue weighted by molar-refractivity contribution is -0.192. The summed E-state index contributed by atoms with van der Waals surface area (Å²) in [6, 6.07) is 1.53. The van der Waals surface area contributed by atoms with Crippen molar-refractivity contribution in [3.8, 4) is 11.5 Å². The van der Waals surface area contributed by atoms with Crippen LogP contribution in [0.3, 0.4) is 0 Å². The Morgan fingerprint density at radius 3 is 2.24 bits per heavy atom. The smallest absolute Gasteiger partial charge is 0.490 e. The number of sulfonamides is 1. The molecule has 1 aromatic rings. The molecule has 2 aliphatic rings. The normalized spacial score (nSPS) is 20.3. The molecule has 0 aromatic heterocycles. The van der Waals surface area contributed by atoms with E-state index in [2.05, 4.69) is 0 Å². The number of nitrogens with one attached hydrogen (secondary N) is 1. The van der Waals surface area contributed by atoms with E-state index in [1.54, 1.807) is 0 Å². The number of benzene rings is 1. The number of halogens is 4. The lowest BCUT2D eigenvalue weighted by Crippen LogP contribution is -2.44. The number of methoxy groups -OCH3 is 2. The second-order valence-corrected chi connectivity index (χ2v) is 9.42. The zero-order valence-electron chi connectivity index (χ0n) is 17.5. The molecule has 0 heterocycles.